The van der Waals surface area contributed by atoms with Gasteiger partial charge >= 0.3 is 6.03 Å². The monoisotopic (exact) mass is 686 g/mol. The summed E-state index contributed by atoms with van der Waals surface area (Å²) in [6.45, 7) is 6.16. The first-order valence-corrected chi connectivity index (χ1v) is 15.4. The van der Waals surface area contributed by atoms with Crippen LogP contribution in [0, 0.1) is 10.5 Å². The number of nitrogens with zero attached hydrogens (tertiary/aromatic N) is 1. The van der Waals surface area contributed by atoms with Gasteiger partial charge in [0.15, 0.2) is 6.10 Å². The van der Waals surface area contributed by atoms with Crippen molar-refractivity contribution in [2.45, 2.75) is 56.7 Å². The Morgan fingerprint density at radius 3 is 2.46 bits per heavy atom. The van der Waals surface area contributed by atoms with Crippen molar-refractivity contribution in [3.05, 3.63) is 99.1 Å². The maximum absolute atomic E-state index is 13.8. The fourth-order valence-electron chi connectivity index (χ4n) is 4.85. The molecule has 0 spiro atoms. The Labute approximate surface area is 258 Å². The first-order chi connectivity index (χ1) is 19.5. The smallest absolute Gasteiger partial charge is 0.319 e. The molecule has 1 fully saturated rings. The predicted molar refractivity (Wildman–Crippen MR) is 171 cm³/mol. The van der Waals surface area contributed by atoms with Gasteiger partial charge in [0.2, 0.25) is 5.91 Å². The summed E-state index contributed by atoms with van der Waals surface area (Å²) in [4.78, 5) is 41.7. The quantitative estimate of drug-likeness (QED) is 0.245. The minimum atomic E-state index is -1.57. The molecule has 0 aliphatic carbocycles. The standard InChI is InChI=1S/C31H35IN4O4S/c1-20-10-7-8-13-22(20)18-33-28(38)27-31(2,3)41-19-36(27)29(39)26(37)25(16-21-11-5-4-6-12-21)35-30(40)34-24-15-9-14-23(32)17-24/h4-15,17,25-27,37H,16,18-19H2,1-3H3,(H,33,38)(H2,34,35,40)/t25-,26-,27+/m0/s1. The minimum Gasteiger partial charge on any atom is -0.381 e. The Bertz CT molecular complexity index is 1390. The van der Waals surface area contributed by atoms with Gasteiger partial charge in [-0.25, -0.2) is 4.79 Å². The SMILES string of the molecule is Cc1ccccc1CNC(=O)[C@H]1N(C(=O)[C@@H](O)[C@H](Cc2ccccc2)NC(=O)Nc2cccc(I)c2)CSC1(C)C. The third kappa shape index (κ3) is 8.02. The van der Waals surface area contributed by atoms with E-state index in [1.165, 1.54) is 16.7 Å². The molecule has 8 nitrogen and oxygen atoms in total. The van der Waals surface area contributed by atoms with E-state index in [0.717, 1.165) is 20.3 Å². The molecule has 4 amide bonds. The number of carbonyl (C=O) groups is 3. The highest BCUT2D eigenvalue weighted by Crippen LogP contribution is 2.40. The third-order valence-corrected chi connectivity index (χ3v) is 9.17. The van der Waals surface area contributed by atoms with Crippen LogP contribution in [0.5, 0.6) is 0 Å². The predicted octanol–water partition coefficient (Wildman–Crippen LogP) is 4.69. The highest BCUT2D eigenvalue weighted by molar-refractivity contribution is 14.1. The van der Waals surface area contributed by atoms with Crippen LogP contribution in [0.2, 0.25) is 0 Å². The van der Waals surface area contributed by atoms with Crippen LogP contribution in [0.1, 0.15) is 30.5 Å². The average molecular weight is 687 g/mol. The van der Waals surface area contributed by atoms with Gasteiger partial charge in [-0.15, -0.1) is 11.8 Å². The second-order valence-corrected chi connectivity index (χ2v) is 13.4. The van der Waals surface area contributed by atoms with Gasteiger partial charge in [-0.05, 0) is 84.7 Å². The van der Waals surface area contributed by atoms with Gasteiger partial charge in [-0.2, -0.15) is 0 Å². The summed E-state index contributed by atoms with van der Waals surface area (Å²) in [5, 5.41) is 20.0. The van der Waals surface area contributed by atoms with E-state index >= 15 is 0 Å². The highest BCUT2D eigenvalue weighted by atomic mass is 127. The van der Waals surface area contributed by atoms with Crippen molar-refractivity contribution in [1.82, 2.24) is 15.5 Å². The normalized spacial score (nSPS) is 17.4. The van der Waals surface area contributed by atoms with Crippen LogP contribution in [-0.4, -0.2) is 56.7 Å². The number of carbonyl (C=O) groups excluding carboxylic acids is 3. The molecule has 1 aliphatic heterocycles. The molecule has 216 valence electrons. The van der Waals surface area contributed by atoms with Gasteiger partial charge < -0.3 is 26.0 Å². The summed E-state index contributed by atoms with van der Waals surface area (Å²) >= 11 is 3.64. The molecular weight excluding hydrogens is 651 g/mol. The lowest BCUT2D eigenvalue weighted by Gasteiger charge is -2.33. The van der Waals surface area contributed by atoms with Crippen molar-refractivity contribution in [3.8, 4) is 0 Å². The first-order valence-electron chi connectivity index (χ1n) is 13.4. The van der Waals surface area contributed by atoms with Crippen molar-refractivity contribution in [2.24, 2.45) is 0 Å². The molecular formula is C31H35IN4O4S. The second kappa shape index (κ2) is 13.7. The highest BCUT2D eigenvalue weighted by Gasteiger charge is 2.49. The van der Waals surface area contributed by atoms with Crippen molar-refractivity contribution < 1.29 is 19.5 Å². The zero-order chi connectivity index (χ0) is 29.6. The fraction of sp³-hybridized carbons (Fsp3) is 0.323. The maximum Gasteiger partial charge on any atom is 0.319 e. The van der Waals surface area contributed by atoms with Crippen LogP contribution in [0.4, 0.5) is 10.5 Å². The van der Waals surface area contributed by atoms with Crippen molar-refractivity contribution in [3.63, 3.8) is 0 Å². The van der Waals surface area contributed by atoms with Crippen LogP contribution in [0.25, 0.3) is 0 Å². The average Bonchev–Trinajstić information content (AvgIpc) is 3.26. The number of benzene rings is 3. The molecule has 0 radical (unpaired) electrons. The second-order valence-electron chi connectivity index (χ2n) is 10.6. The zero-order valence-corrected chi connectivity index (χ0v) is 26.2. The number of hydrogen-bond donors (Lipinski definition) is 4. The van der Waals surface area contributed by atoms with Crippen LogP contribution in [0.3, 0.4) is 0 Å². The molecule has 3 aromatic carbocycles. The lowest BCUT2D eigenvalue weighted by Crippen LogP contribution is -2.59. The molecule has 0 bridgehead atoms. The Morgan fingerprint density at radius 2 is 1.76 bits per heavy atom. The van der Waals surface area contributed by atoms with Crippen molar-refractivity contribution in [1.29, 1.82) is 0 Å². The van der Waals surface area contributed by atoms with Gasteiger partial charge in [0, 0.05) is 20.5 Å². The number of nitrogens with one attached hydrogen (secondary N) is 3. The number of aliphatic hydroxyl groups is 1. The zero-order valence-electron chi connectivity index (χ0n) is 23.3. The minimum absolute atomic E-state index is 0.224. The largest absolute Gasteiger partial charge is 0.381 e. The summed E-state index contributed by atoms with van der Waals surface area (Å²) < 4.78 is 0.382. The van der Waals surface area contributed by atoms with E-state index < -0.39 is 34.9 Å². The lowest BCUT2D eigenvalue weighted by molar-refractivity contribution is -0.147. The number of aliphatic hydroxyl groups excluding tert-OH is 1. The molecule has 41 heavy (non-hydrogen) atoms. The summed E-state index contributed by atoms with van der Waals surface area (Å²) in [6, 6.07) is 22.2. The summed E-state index contributed by atoms with van der Waals surface area (Å²) in [5.74, 6) is -0.639. The van der Waals surface area contributed by atoms with Crippen LogP contribution < -0.4 is 16.0 Å². The molecule has 4 rings (SSSR count). The van der Waals surface area contributed by atoms with E-state index in [0.29, 0.717) is 12.2 Å². The summed E-state index contributed by atoms with van der Waals surface area (Å²) in [6.07, 6.45) is -1.35. The number of thioether (sulfide) groups is 1. The number of rotatable bonds is 9. The van der Waals surface area contributed by atoms with E-state index in [-0.39, 0.29) is 18.2 Å². The number of hydrogen-bond acceptors (Lipinski definition) is 5. The van der Waals surface area contributed by atoms with Gasteiger partial charge in [0.1, 0.15) is 6.04 Å². The Morgan fingerprint density at radius 1 is 1.05 bits per heavy atom. The molecule has 0 saturated carbocycles. The molecule has 3 atom stereocenters. The summed E-state index contributed by atoms with van der Waals surface area (Å²) in [5.41, 5.74) is 3.50. The third-order valence-electron chi connectivity index (χ3n) is 7.12. The molecule has 1 heterocycles. The maximum atomic E-state index is 13.8. The van der Waals surface area contributed by atoms with E-state index in [9.17, 15) is 19.5 Å². The number of aryl methyl sites for hydroxylation is 1. The molecule has 4 N–H and O–H groups in total. The van der Waals surface area contributed by atoms with Gasteiger partial charge in [0.05, 0.1) is 11.9 Å². The van der Waals surface area contributed by atoms with Gasteiger partial charge in [-0.1, -0.05) is 60.7 Å². The first kappa shape index (κ1) is 30.9. The van der Waals surface area contributed by atoms with Gasteiger partial charge in [0.25, 0.3) is 5.91 Å². The number of urea groups is 1. The molecule has 0 unspecified atom stereocenters. The number of halogens is 1. The topological polar surface area (TPSA) is 111 Å². The van der Waals surface area contributed by atoms with Crippen LogP contribution >= 0.6 is 34.4 Å². The number of anilines is 1. The molecule has 3 aromatic rings. The van der Waals surface area contributed by atoms with Crippen LogP contribution in [0.15, 0.2) is 78.9 Å². The molecule has 1 saturated heterocycles. The van der Waals surface area contributed by atoms with E-state index in [1.54, 1.807) is 6.07 Å². The van der Waals surface area contributed by atoms with Crippen LogP contribution in [-0.2, 0) is 22.6 Å². The van der Waals surface area contributed by atoms with E-state index in [4.69, 9.17) is 0 Å². The summed E-state index contributed by atoms with van der Waals surface area (Å²) in [7, 11) is 0. The molecule has 0 aromatic heterocycles. The molecule has 10 heteroatoms. The van der Waals surface area contributed by atoms with E-state index in [2.05, 4.69) is 38.5 Å². The van der Waals surface area contributed by atoms with Gasteiger partial charge in [-0.3, -0.25) is 9.59 Å². The van der Waals surface area contributed by atoms with E-state index in [1.807, 2.05) is 93.6 Å². The Balaban J connectivity index is 1.51. The fourth-order valence-corrected chi connectivity index (χ4v) is 6.54. The Kier molecular flexibility index (Phi) is 10.3. The number of amides is 4. The lowest BCUT2D eigenvalue weighted by atomic mass is 9.97. The Hall–Kier alpha value is -3.09. The molecule has 1 aliphatic rings. The van der Waals surface area contributed by atoms with Crippen molar-refractivity contribution >= 4 is 57.9 Å². The van der Waals surface area contributed by atoms with Crippen molar-refractivity contribution in [2.75, 3.05) is 11.2 Å².